The van der Waals surface area contributed by atoms with Gasteiger partial charge in [0.1, 0.15) is 0 Å². The van der Waals surface area contributed by atoms with Crippen LogP contribution in [0, 0.1) is 0 Å². The Hall–Kier alpha value is -3.15. The standard InChI is InChI=1S/C22H24N2O4/c1-3-4-13-28-22(27)17-10-6-7-11-18(17)23-20(25)21(26)24-15(2)14-16-9-5-8-12-19(16)24/h5-12,15H,3-4,13-14H2,1-2H3,(H,23,25). The Morgan fingerprint density at radius 1 is 1.11 bits per heavy atom. The van der Waals surface area contributed by atoms with Gasteiger partial charge < -0.3 is 15.0 Å². The molecule has 28 heavy (non-hydrogen) atoms. The fourth-order valence-electron chi connectivity index (χ4n) is 3.32. The van der Waals surface area contributed by atoms with Gasteiger partial charge in [-0.15, -0.1) is 0 Å². The van der Waals surface area contributed by atoms with E-state index in [2.05, 4.69) is 5.32 Å². The predicted octanol–water partition coefficient (Wildman–Crippen LogP) is 3.56. The highest BCUT2D eigenvalue weighted by atomic mass is 16.5. The van der Waals surface area contributed by atoms with E-state index in [1.807, 2.05) is 38.1 Å². The molecule has 1 N–H and O–H groups in total. The van der Waals surface area contributed by atoms with Crippen molar-refractivity contribution in [1.29, 1.82) is 0 Å². The second-order valence-electron chi connectivity index (χ2n) is 6.85. The summed E-state index contributed by atoms with van der Waals surface area (Å²) in [6.07, 6.45) is 2.39. The van der Waals surface area contributed by atoms with Crippen molar-refractivity contribution in [2.24, 2.45) is 0 Å². The lowest BCUT2D eigenvalue weighted by Gasteiger charge is -2.22. The average molecular weight is 380 g/mol. The van der Waals surface area contributed by atoms with Crippen LogP contribution in [0.4, 0.5) is 11.4 Å². The molecule has 6 heteroatoms. The first-order chi connectivity index (χ1) is 13.5. The number of anilines is 2. The van der Waals surface area contributed by atoms with Crippen molar-refractivity contribution < 1.29 is 19.1 Å². The lowest BCUT2D eigenvalue weighted by atomic mass is 10.1. The SMILES string of the molecule is CCCCOC(=O)c1ccccc1NC(=O)C(=O)N1c2ccccc2CC1C. The molecule has 1 heterocycles. The molecule has 0 spiro atoms. The van der Waals surface area contributed by atoms with Gasteiger partial charge in [0, 0.05) is 11.7 Å². The van der Waals surface area contributed by atoms with Gasteiger partial charge in [-0.05, 0) is 43.5 Å². The molecule has 2 amide bonds. The molecule has 2 aromatic carbocycles. The zero-order valence-electron chi connectivity index (χ0n) is 16.1. The minimum absolute atomic E-state index is 0.107. The summed E-state index contributed by atoms with van der Waals surface area (Å²) in [7, 11) is 0. The lowest BCUT2D eigenvalue weighted by Crippen LogP contribution is -2.43. The molecular weight excluding hydrogens is 356 g/mol. The van der Waals surface area contributed by atoms with E-state index in [4.69, 9.17) is 4.74 Å². The number of ether oxygens (including phenoxy) is 1. The summed E-state index contributed by atoms with van der Waals surface area (Å²) >= 11 is 0. The van der Waals surface area contributed by atoms with Crippen molar-refractivity contribution >= 4 is 29.2 Å². The number of fused-ring (bicyclic) bond motifs is 1. The number of hydrogen-bond donors (Lipinski definition) is 1. The number of hydrogen-bond acceptors (Lipinski definition) is 4. The topological polar surface area (TPSA) is 75.7 Å². The second kappa shape index (κ2) is 8.69. The van der Waals surface area contributed by atoms with Crippen LogP contribution < -0.4 is 10.2 Å². The largest absolute Gasteiger partial charge is 0.462 e. The minimum Gasteiger partial charge on any atom is -0.462 e. The van der Waals surface area contributed by atoms with E-state index >= 15 is 0 Å². The molecule has 2 aromatic rings. The second-order valence-corrected chi connectivity index (χ2v) is 6.85. The molecule has 0 radical (unpaired) electrons. The van der Waals surface area contributed by atoms with E-state index in [-0.39, 0.29) is 17.3 Å². The molecule has 0 saturated carbocycles. The number of carbonyl (C=O) groups excluding carboxylic acids is 3. The van der Waals surface area contributed by atoms with Gasteiger partial charge in [0.25, 0.3) is 0 Å². The van der Waals surface area contributed by atoms with E-state index in [1.165, 1.54) is 4.90 Å². The van der Waals surface area contributed by atoms with E-state index in [1.54, 1.807) is 24.3 Å². The number of benzene rings is 2. The molecular formula is C22H24N2O4. The third kappa shape index (κ3) is 4.06. The Morgan fingerprint density at radius 3 is 2.61 bits per heavy atom. The summed E-state index contributed by atoms with van der Waals surface area (Å²) in [6.45, 7) is 4.23. The molecule has 1 aliphatic rings. The van der Waals surface area contributed by atoms with Crippen LogP contribution in [-0.4, -0.2) is 30.4 Å². The van der Waals surface area contributed by atoms with Crippen LogP contribution in [0.2, 0.25) is 0 Å². The maximum Gasteiger partial charge on any atom is 0.340 e. The van der Waals surface area contributed by atoms with Gasteiger partial charge in [-0.3, -0.25) is 9.59 Å². The maximum absolute atomic E-state index is 12.8. The third-order valence-corrected chi connectivity index (χ3v) is 4.75. The molecule has 1 unspecified atom stereocenters. The average Bonchev–Trinajstić information content (AvgIpc) is 3.03. The molecule has 3 rings (SSSR count). The quantitative estimate of drug-likeness (QED) is 0.489. The summed E-state index contributed by atoms with van der Waals surface area (Å²) in [4.78, 5) is 39.2. The number of nitrogens with one attached hydrogen (secondary N) is 1. The Morgan fingerprint density at radius 2 is 1.82 bits per heavy atom. The highest BCUT2D eigenvalue weighted by Crippen LogP contribution is 2.32. The summed E-state index contributed by atoms with van der Waals surface area (Å²) in [5.74, 6) is -1.94. The number of nitrogens with zero attached hydrogens (tertiary/aromatic N) is 1. The number of amides is 2. The first-order valence-electron chi connectivity index (χ1n) is 9.51. The molecule has 0 aliphatic carbocycles. The fourth-order valence-corrected chi connectivity index (χ4v) is 3.32. The number of esters is 1. The van der Waals surface area contributed by atoms with Crippen molar-refractivity contribution in [3.05, 3.63) is 59.7 Å². The van der Waals surface area contributed by atoms with Gasteiger partial charge in [-0.2, -0.15) is 0 Å². The van der Waals surface area contributed by atoms with Crippen LogP contribution in [0.3, 0.4) is 0 Å². The van der Waals surface area contributed by atoms with E-state index in [9.17, 15) is 14.4 Å². The zero-order valence-corrected chi connectivity index (χ0v) is 16.1. The summed E-state index contributed by atoms with van der Waals surface area (Å²) in [6, 6.07) is 14.0. The maximum atomic E-state index is 12.8. The van der Waals surface area contributed by atoms with E-state index in [0.717, 1.165) is 24.1 Å². The molecule has 1 aliphatic heterocycles. The van der Waals surface area contributed by atoms with Crippen molar-refractivity contribution in [2.75, 3.05) is 16.8 Å². The minimum atomic E-state index is -0.780. The van der Waals surface area contributed by atoms with Crippen molar-refractivity contribution in [1.82, 2.24) is 0 Å². The van der Waals surface area contributed by atoms with Gasteiger partial charge in [-0.25, -0.2) is 4.79 Å². The zero-order chi connectivity index (χ0) is 20.1. The van der Waals surface area contributed by atoms with Crippen molar-refractivity contribution in [3.63, 3.8) is 0 Å². The molecule has 6 nitrogen and oxygen atoms in total. The number of rotatable bonds is 5. The Balaban J connectivity index is 1.75. The molecule has 1 atom stereocenters. The summed E-state index contributed by atoms with van der Waals surface area (Å²) in [5.41, 5.74) is 2.29. The lowest BCUT2D eigenvalue weighted by molar-refractivity contribution is -0.134. The van der Waals surface area contributed by atoms with Crippen LogP contribution in [0.1, 0.15) is 42.6 Å². The number of para-hydroxylation sites is 2. The molecule has 0 aromatic heterocycles. The normalized spacial score (nSPS) is 15.1. The highest BCUT2D eigenvalue weighted by Gasteiger charge is 2.34. The predicted molar refractivity (Wildman–Crippen MR) is 107 cm³/mol. The smallest absolute Gasteiger partial charge is 0.340 e. The van der Waals surface area contributed by atoms with Crippen LogP contribution in [0.15, 0.2) is 48.5 Å². The monoisotopic (exact) mass is 380 g/mol. The van der Waals surface area contributed by atoms with Crippen molar-refractivity contribution in [3.8, 4) is 0 Å². The van der Waals surface area contributed by atoms with E-state index in [0.29, 0.717) is 13.0 Å². The first-order valence-corrected chi connectivity index (χ1v) is 9.51. The third-order valence-electron chi connectivity index (χ3n) is 4.75. The van der Waals surface area contributed by atoms with Crippen LogP contribution >= 0.6 is 0 Å². The van der Waals surface area contributed by atoms with Gasteiger partial charge in [0.05, 0.1) is 17.9 Å². The number of unbranched alkanes of at least 4 members (excludes halogenated alkanes) is 1. The van der Waals surface area contributed by atoms with Gasteiger partial charge in [-0.1, -0.05) is 43.7 Å². The van der Waals surface area contributed by atoms with Gasteiger partial charge in [0.15, 0.2) is 0 Å². The Kier molecular flexibility index (Phi) is 6.09. The van der Waals surface area contributed by atoms with Crippen molar-refractivity contribution in [2.45, 2.75) is 39.2 Å². The van der Waals surface area contributed by atoms with E-state index < -0.39 is 17.8 Å². The molecule has 0 saturated heterocycles. The van der Waals surface area contributed by atoms with Crippen LogP contribution in [0.25, 0.3) is 0 Å². The first kappa shape index (κ1) is 19.6. The number of carbonyl (C=O) groups is 3. The molecule has 0 fully saturated rings. The summed E-state index contributed by atoms with van der Waals surface area (Å²) in [5, 5.41) is 2.58. The van der Waals surface area contributed by atoms with Crippen LogP contribution in [0.5, 0.6) is 0 Å². The Bertz CT molecular complexity index is 894. The Labute approximate surface area is 164 Å². The molecule has 146 valence electrons. The van der Waals surface area contributed by atoms with Gasteiger partial charge >= 0.3 is 17.8 Å². The van der Waals surface area contributed by atoms with Crippen LogP contribution in [-0.2, 0) is 20.7 Å². The fraction of sp³-hybridized carbons (Fsp3) is 0.318. The summed E-state index contributed by atoms with van der Waals surface area (Å²) < 4.78 is 5.23. The van der Waals surface area contributed by atoms with Gasteiger partial charge in [0.2, 0.25) is 0 Å². The highest BCUT2D eigenvalue weighted by molar-refractivity contribution is 6.44. The molecule has 0 bridgehead atoms.